The Morgan fingerprint density at radius 3 is 2.21 bits per heavy atom. The van der Waals surface area contributed by atoms with E-state index in [1.165, 1.54) is 25.1 Å². The molecule has 28 heavy (non-hydrogen) atoms. The molecule has 3 N–H and O–H groups in total. The van der Waals surface area contributed by atoms with Crippen LogP contribution in [0.15, 0.2) is 48.5 Å². The molecule has 0 bridgehead atoms. The predicted molar refractivity (Wildman–Crippen MR) is 110 cm³/mol. The molecule has 2 amide bonds. The van der Waals surface area contributed by atoms with Crippen molar-refractivity contribution < 1.29 is 23.9 Å². The van der Waals surface area contributed by atoms with Gasteiger partial charge in [-0.05, 0) is 51.9 Å². The van der Waals surface area contributed by atoms with Crippen LogP contribution >= 0.6 is 22.6 Å². The predicted octanol–water partition coefficient (Wildman–Crippen LogP) is 2.29. The number of aliphatic carboxylic acids is 1. The molecule has 0 spiro atoms. The smallest absolute Gasteiger partial charge is 0.326 e. The zero-order valence-electron chi connectivity index (χ0n) is 15.1. The highest BCUT2D eigenvalue weighted by Crippen LogP contribution is 2.11. The fourth-order valence-corrected chi connectivity index (χ4v) is 3.03. The number of carboxylic acids is 1. The van der Waals surface area contributed by atoms with E-state index in [-0.39, 0.29) is 18.4 Å². The minimum atomic E-state index is -1.20. The largest absolute Gasteiger partial charge is 0.480 e. The summed E-state index contributed by atoms with van der Waals surface area (Å²) in [5, 5.41) is 14.4. The van der Waals surface area contributed by atoms with Crippen LogP contribution in [0.1, 0.15) is 18.1 Å². The van der Waals surface area contributed by atoms with E-state index in [9.17, 15) is 23.9 Å². The highest BCUT2D eigenvalue weighted by Gasteiger charge is 2.27. The SMILES string of the molecule is CC(=O)N[C@@H](Cc1ccccc1F)C(=O)N[C@@H](Cc1ccc(I)cc1)C(=O)O. The van der Waals surface area contributed by atoms with Crippen molar-refractivity contribution in [3.05, 3.63) is 69.0 Å². The number of hydrogen-bond donors (Lipinski definition) is 3. The molecule has 0 aromatic heterocycles. The summed E-state index contributed by atoms with van der Waals surface area (Å²) in [4.78, 5) is 35.7. The molecule has 0 fully saturated rings. The van der Waals surface area contributed by atoms with Crippen LogP contribution in [0.2, 0.25) is 0 Å². The molecule has 0 aliphatic carbocycles. The molecule has 2 aromatic rings. The Bertz CT molecular complexity index is 858. The van der Waals surface area contributed by atoms with E-state index in [4.69, 9.17) is 0 Å². The summed E-state index contributed by atoms with van der Waals surface area (Å²) in [5.41, 5.74) is 0.999. The van der Waals surface area contributed by atoms with Crippen LogP contribution in [-0.2, 0) is 27.2 Å². The minimum Gasteiger partial charge on any atom is -0.480 e. The summed E-state index contributed by atoms with van der Waals surface area (Å²) in [7, 11) is 0. The van der Waals surface area contributed by atoms with Crippen molar-refractivity contribution in [1.82, 2.24) is 10.6 Å². The van der Waals surface area contributed by atoms with Crippen molar-refractivity contribution in [2.45, 2.75) is 31.8 Å². The van der Waals surface area contributed by atoms with Gasteiger partial charge in [-0.15, -0.1) is 0 Å². The molecule has 0 saturated carbocycles. The van der Waals surface area contributed by atoms with Gasteiger partial charge in [-0.2, -0.15) is 0 Å². The van der Waals surface area contributed by atoms with Gasteiger partial charge in [0.1, 0.15) is 17.9 Å². The Morgan fingerprint density at radius 2 is 1.64 bits per heavy atom. The van der Waals surface area contributed by atoms with E-state index >= 15 is 0 Å². The maximum absolute atomic E-state index is 13.9. The summed E-state index contributed by atoms with van der Waals surface area (Å²) in [6.07, 6.45) is -0.00155. The van der Waals surface area contributed by atoms with E-state index < -0.39 is 35.7 Å². The van der Waals surface area contributed by atoms with Crippen molar-refractivity contribution in [1.29, 1.82) is 0 Å². The van der Waals surface area contributed by atoms with E-state index in [1.807, 2.05) is 12.1 Å². The first-order valence-electron chi connectivity index (χ1n) is 8.54. The van der Waals surface area contributed by atoms with E-state index in [0.29, 0.717) is 0 Å². The summed E-state index contributed by atoms with van der Waals surface area (Å²) in [6.45, 7) is 1.24. The summed E-state index contributed by atoms with van der Waals surface area (Å²) < 4.78 is 14.9. The number of hydrogen-bond acceptors (Lipinski definition) is 3. The molecular weight excluding hydrogens is 478 g/mol. The van der Waals surface area contributed by atoms with Gasteiger partial charge in [-0.25, -0.2) is 9.18 Å². The fourth-order valence-electron chi connectivity index (χ4n) is 2.67. The van der Waals surface area contributed by atoms with Gasteiger partial charge in [-0.1, -0.05) is 30.3 Å². The van der Waals surface area contributed by atoms with E-state index in [0.717, 1.165) is 9.13 Å². The maximum atomic E-state index is 13.9. The average Bonchev–Trinajstić information content (AvgIpc) is 2.63. The summed E-state index contributed by atoms with van der Waals surface area (Å²) in [5.74, 6) is -2.85. The van der Waals surface area contributed by atoms with Gasteiger partial charge in [0, 0.05) is 23.3 Å². The third-order valence-corrected chi connectivity index (χ3v) is 4.76. The molecule has 148 valence electrons. The molecule has 2 rings (SSSR count). The molecule has 0 heterocycles. The van der Waals surface area contributed by atoms with Crippen LogP contribution in [0.25, 0.3) is 0 Å². The quantitative estimate of drug-likeness (QED) is 0.487. The lowest BCUT2D eigenvalue weighted by Gasteiger charge is -2.21. The number of carbonyl (C=O) groups excluding carboxylic acids is 2. The molecule has 2 aromatic carbocycles. The number of benzene rings is 2. The van der Waals surface area contributed by atoms with E-state index in [2.05, 4.69) is 33.2 Å². The first-order chi connectivity index (χ1) is 13.3. The monoisotopic (exact) mass is 498 g/mol. The summed E-state index contributed by atoms with van der Waals surface area (Å²) in [6, 6.07) is 10.9. The van der Waals surface area contributed by atoms with Gasteiger partial charge < -0.3 is 15.7 Å². The van der Waals surface area contributed by atoms with Gasteiger partial charge in [0.2, 0.25) is 11.8 Å². The van der Waals surface area contributed by atoms with E-state index in [1.54, 1.807) is 18.2 Å². The number of nitrogens with one attached hydrogen (secondary N) is 2. The Hall–Kier alpha value is -2.49. The highest BCUT2D eigenvalue weighted by molar-refractivity contribution is 14.1. The second-order valence-corrected chi connectivity index (χ2v) is 7.52. The first-order valence-corrected chi connectivity index (χ1v) is 9.62. The van der Waals surface area contributed by atoms with Crippen LogP contribution in [0.3, 0.4) is 0 Å². The van der Waals surface area contributed by atoms with Gasteiger partial charge in [0.15, 0.2) is 0 Å². The van der Waals surface area contributed by atoms with Gasteiger partial charge in [0.25, 0.3) is 0 Å². The maximum Gasteiger partial charge on any atom is 0.326 e. The summed E-state index contributed by atoms with van der Waals surface area (Å²) >= 11 is 2.14. The van der Waals surface area contributed by atoms with Crippen LogP contribution in [0, 0.1) is 9.39 Å². The molecule has 0 saturated heterocycles. The minimum absolute atomic E-state index is 0.0878. The Labute approximate surface area is 175 Å². The third-order valence-electron chi connectivity index (χ3n) is 4.04. The molecule has 0 aliphatic rings. The van der Waals surface area contributed by atoms with Crippen molar-refractivity contribution in [2.75, 3.05) is 0 Å². The molecule has 8 heteroatoms. The van der Waals surface area contributed by atoms with Crippen molar-refractivity contribution >= 4 is 40.4 Å². The Kier molecular flexibility index (Phi) is 7.91. The zero-order chi connectivity index (χ0) is 20.7. The standard InChI is InChI=1S/C20H20FIN2O4/c1-12(25)23-17(11-14-4-2-3-5-16(14)21)19(26)24-18(20(27)28)10-13-6-8-15(22)9-7-13/h2-9,17-18H,10-11H2,1H3,(H,23,25)(H,24,26)(H,27,28)/t17-,18-/m0/s1. The average molecular weight is 498 g/mol. The second kappa shape index (κ2) is 10.2. The third kappa shape index (κ3) is 6.59. The number of carboxylic acid groups (broad SMARTS) is 1. The second-order valence-electron chi connectivity index (χ2n) is 6.28. The van der Waals surface area contributed by atoms with Crippen LogP contribution < -0.4 is 10.6 Å². The normalized spacial score (nSPS) is 12.7. The number of carbonyl (C=O) groups is 3. The first kappa shape index (κ1) is 21.8. The fraction of sp³-hybridized carbons (Fsp3) is 0.250. The van der Waals surface area contributed by atoms with Crippen molar-refractivity contribution in [2.24, 2.45) is 0 Å². The molecule has 6 nitrogen and oxygen atoms in total. The number of halogens is 2. The molecule has 2 atom stereocenters. The van der Waals surface area contributed by atoms with Crippen LogP contribution in [0.5, 0.6) is 0 Å². The number of amides is 2. The highest BCUT2D eigenvalue weighted by atomic mass is 127. The van der Waals surface area contributed by atoms with Crippen LogP contribution in [0.4, 0.5) is 4.39 Å². The topological polar surface area (TPSA) is 95.5 Å². The lowest BCUT2D eigenvalue weighted by molar-refractivity contribution is -0.142. The Balaban J connectivity index is 2.14. The zero-order valence-corrected chi connectivity index (χ0v) is 17.3. The number of rotatable bonds is 8. The lowest BCUT2D eigenvalue weighted by atomic mass is 10.0. The lowest BCUT2D eigenvalue weighted by Crippen LogP contribution is -2.52. The molecule has 0 aliphatic heterocycles. The molecular formula is C20H20FIN2O4. The van der Waals surface area contributed by atoms with Crippen molar-refractivity contribution in [3.63, 3.8) is 0 Å². The van der Waals surface area contributed by atoms with Crippen LogP contribution in [-0.4, -0.2) is 35.0 Å². The van der Waals surface area contributed by atoms with Gasteiger partial charge >= 0.3 is 5.97 Å². The molecule has 0 unspecified atom stereocenters. The Morgan fingerprint density at radius 1 is 1.00 bits per heavy atom. The van der Waals surface area contributed by atoms with Crippen molar-refractivity contribution in [3.8, 4) is 0 Å². The van der Waals surface area contributed by atoms with Gasteiger partial charge in [0.05, 0.1) is 0 Å². The van der Waals surface area contributed by atoms with Gasteiger partial charge in [-0.3, -0.25) is 9.59 Å². The molecule has 0 radical (unpaired) electrons.